The zero-order chi connectivity index (χ0) is 10.4. The quantitative estimate of drug-likeness (QED) is 0.875. The van der Waals surface area contributed by atoms with Crippen LogP contribution in [0.15, 0.2) is 28.7 Å². The van der Waals surface area contributed by atoms with Crippen LogP contribution in [0.3, 0.4) is 0 Å². The molecule has 0 fully saturated rings. The Morgan fingerprint density at radius 2 is 2.00 bits per heavy atom. The third-order valence-electron chi connectivity index (χ3n) is 1.83. The maximum atomic E-state index is 5.32. The minimum Gasteiger partial charge on any atom is -0.380 e. The van der Waals surface area contributed by atoms with E-state index in [4.69, 9.17) is 4.74 Å². The molecule has 1 rings (SSSR count). The predicted octanol–water partition coefficient (Wildman–Crippen LogP) is 3.29. The second-order valence-electron chi connectivity index (χ2n) is 3.21. The fourth-order valence-corrected chi connectivity index (χ4v) is 1.43. The molecule has 1 aromatic carbocycles. The molecule has 0 aliphatic rings. The second-order valence-corrected chi connectivity index (χ2v) is 4.13. The highest BCUT2D eigenvalue weighted by Crippen LogP contribution is 2.14. The standard InChI is InChI=1S/C11H16BrNO/c1-3-14-8-9(2)13-11-6-4-10(12)5-7-11/h4-7,9,13H,3,8H2,1-2H3. The average Bonchev–Trinajstić information content (AvgIpc) is 2.18. The molecule has 14 heavy (non-hydrogen) atoms. The smallest absolute Gasteiger partial charge is 0.0664 e. The maximum Gasteiger partial charge on any atom is 0.0664 e. The first-order valence-electron chi connectivity index (χ1n) is 4.82. The first kappa shape index (κ1) is 11.5. The molecule has 0 heterocycles. The van der Waals surface area contributed by atoms with Gasteiger partial charge in [-0.1, -0.05) is 15.9 Å². The molecule has 0 radical (unpaired) electrons. The van der Waals surface area contributed by atoms with Gasteiger partial charge < -0.3 is 10.1 Å². The molecule has 0 saturated carbocycles. The van der Waals surface area contributed by atoms with Crippen molar-refractivity contribution < 1.29 is 4.74 Å². The largest absolute Gasteiger partial charge is 0.380 e. The zero-order valence-electron chi connectivity index (χ0n) is 8.59. The highest BCUT2D eigenvalue weighted by atomic mass is 79.9. The minimum atomic E-state index is 0.344. The van der Waals surface area contributed by atoms with Gasteiger partial charge in [0, 0.05) is 22.8 Å². The van der Waals surface area contributed by atoms with E-state index in [-0.39, 0.29) is 0 Å². The number of hydrogen-bond acceptors (Lipinski definition) is 2. The lowest BCUT2D eigenvalue weighted by molar-refractivity contribution is 0.141. The Balaban J connectivity index is 2.39. The summed E-state index contributed by atoms with van der Waals surface area (Å²) in [5.41, 5.74) is 1.13. The van der Waals surface area contributed by atoms with Crippen molar-refractivity contribution in [2.75, 3.05) is 18.5 Å². The Labute approximate surface area is 93.8 Å². The third kappa shape index (κ3) is 4.11. The lowest BCUT2D eigenvalue weighted by atomic mass is 10.3. The van der Waals surface area contributed by atoms with Crippen LogP contribution in [0, 0.1) is 0 Å². The molecule has 0 spiro atoms. The van der Waals surface area contributed by atoms with Gasteiger partial charge in [-0.25, -0.2) is 0 Å². The molecule has 0 aliphatic carbocycles. The molecule has 78 valence electrons. The zero-order valence-corrected chi connectivity index (χ0v) is 10.2. The van der Waals surface area contributed by atoms with Crippen LogP contribution in [0.5, 0.6) is 0 Å². The molecule has 0 bridgehead atoms. The predicted molar refractivity (Wildman–Crippen MR) is 63.7 cm³/mol. The van der Waals surface area contributed by atoms with Crippen LogP contribution < -0.4 is 5.32 Å². The number of hydrogen-bond donors (Lipinski definition) is 1. The first-order chi connectivity index (χ1) is 6.72. The minimum absolute atomic E-state index is 0.344. The molecule has 3 heteroatoms. The lowest BCUT2D eigenvalue weighted by Crippen LogP contribution is -2.21. The van der Waals surface area contributed by atoms with E-state index < -0.39 is 0 Å². The molecule has 1 N–H and O–H groups in total. The molecule has 1 aromatic rings. The van der Waals surface area contributed by atoms with Crippen molar-refractivity contribution in [3.63, 3.8) is 0 Å². The fourth-order valence-electron chi connectivity index (χ4n) is 1.17. The van der Waals surface area contributed by atoms with Crippen LogP contribution in [0.2, 0.25) is 0 Å². The van der Waals surface area contributed by atoms with E-state index in [1.54, 1.807) is 0 Å². The first-order valence-corrected chi connectivity index (χ1v) is 5.61. The van der Waals surface area contributed by atoms with Gasteiger partial charge in [-0.2, -0.15) is 0 Å². The molecular formula is C11H16BrNO. The Morgan fingerprint density at radius 3 is 2.57 bits per heavy atom. The molecule has 1 unspecified atom stereocenters. The van der Waals surface area contributed by atoms with Crippen LogP contribution >= 0.6 is 15.9 Å². The Bertz CT molecular complexity index is 260. The number of anilines is 1. The van der Waals surface area contributed by atoms with Gasteiger partial charge in [0.1, 0.15) is 0 Å². The maximum absolute atomic E-state index is 5.32. The van der Waals surface area contributed by atoms with Crippen LogP contribution in [-0.2, 0) is 4.74 Å². The van der Waals surface area contributed by atoms with Crippen molar-refractivity contribution in [1.82, 2.24) is 0 Å². The summed E-state index contributed by atoms with van der Waals surface area (Å²) < 4.78 is 6.42. The van der Waals surface area contributed by atoms with E-state index in [1.165, 1.54) is 0 Å². The van der Waals surface area contributed by atoms with Crippen molar-refractivity contribution in [2.45, 2.75) is 19.9 Å². The summed E-state index contributed by atoms with van der Waals surface area (Å²) >= 11 is 3.40. The summed E-state index contributed by atoms with van der Waals surface area (Å²) in [7, 11) is 0. The molecule has 0 amide bonds. The van der Waals surface area contributed by atoms with E-state index in [1.807, 2.05) is 31.2 Å². The van der Waals surface area contributed by atoms with Crippen molar-refractivity contribution in [3.8, 4) is 0 Å². The summed E-state index contributed by atoms with van der Waals surface area (Å²) in [6.45, 7) is 5.63. The van der Waals surface area contributed by atoms with Gasteiger partial charge in [0.2, 0.25) is 0 Å². The normalized spacial score (nSPS) is 12.5. The van der Waals surface area contributed by atoms with Crippen molar-refractivity contribution in [1.29, 1.82) is 0 Å². The molecule has 1 atom stereocenters. The summed E-state index contributed by atoms with van der Waals surface area (Å²) in [6, 6.07) is 8.49. The number of halogens is 1. The monoisotopic (exact) mass is 257 g/mol. The van der Waals surface area contributed by atoms with Gasteiger partial charge in [0.15, 0.2) is 0 Å². The van der Waals surface area contributed by atoms with E-state index in [0.29, 0.717) is 6.04 Å². The lowest BCUT2D eigenvalue weighted by Gasteiger charge is -2.14. The van der Waals surface area contributed by atoms with Crippen molar-refractivity contribution in [2.24, 2.45) is 0 Å². The number of benzene rings is 1. The highest BCUT2D eigenvalue weighted by Gasteiger charge is 2.00. The molecule has 0 aliphatic heterocycles. The Kier molecular flexibility index (Phi) is 4.98. The van der Waals surface area contributed by atoms with Gasteiger partial charge in [0.25, 0.3) is 0 Å². The highest BCUT2D eigenvalue weighted by molar-refractivity contribution is 9.10. The van der Waals surface area contributed by atoms with Crippen LogP contribution in [0.1, 0.15) is 13.8 Å². The fraction of sp³-hybridized carbons (Fsp3) is 0.455. The van der Waals surface area contributed by atoms with Gasteiger partial charge >= 0.3 is 0 Å². The molecular weight excluding hydrogens is 242 g/mol. The third-order valence-corrected chi connectivity index (χ3v) is 2.36. The topological polar surface area (TPSA) is 21.3 Å². The number of ether oxygens (including phenoxy) is 1. The average molecular weight is 258 g/mol. The van der Waals surface area contributed by atoms with Gasteiger partial charge in [-0.05, 0) is 38.1 Å². The van der Waals surface area contributed by atoms with E-state index in [2.05, 4.69) is 28.2 Å². The van der Waals surface area contributed by atoms with Crippen LogP contribution in [0.4, 0.5) is 5.69 Å². The second kappa shape index (κ2) is 6.04. The molecule has 0 aromatic heterocycles. The van der Waals surface area contributed by atoms with E-state index in [0.717, 1.165) is 23.4 Å². The van der Waals surface area contributed by atoms with Crippen LogP contribution in [0.25, 0.3) is 0 Å². The van der Waals surface area contributed by atoms with Crippen molar-refractivity contribution >= 4 is 21.6 Å². The number of nitrogens with one attached hydrogen (secondary N) is 1. The number of rotatable bonds is 5. The van der Waals surface area contributed by atoms with E-state index >= 15 is 0 Å². The molecule has 0 saturated heterocycles. The van der Waals surface area contributed by atoms with Gasteiger partial charge in [-0.15, -0.1) is 0 Å². The van der Waals surface area contributed by atoms with Gasteiger partial charge in [-0.3, -0.25) is 0 Å². The Morgan fingerprint density at radius 1 is 1.36 bits per heavy atom. The van der Waals surface area contributed by atoms with Crippen LogP contribution in [-0.4, -0.2) is 19.3 Å². The summed E-state index contributed by atoms with van der Waals surface area (Å²) in [5, 5.41) is 3.36. The Hall–Kier alpha value is -0.540. The van der Waals surface area contributed by atoms with Gasteiger partial charge in [0.05, 0.1) is 6.61 Å². The van der Waals surface area contributed by atoms with E-state index in [9.17, 15) is 0 Å². The SMILES string of the molecule is CCOCC(C)Nc1ccc(Br)cc1. The van der Waals surface area contributed by atoms with Crippen molar-refractivity contribution in [3.05, 3.63) is 28.7 Å². The molecule has 2 nitrogen and oxygen atoms in total. The summed E-state index contributed by atoms with van der Waals surface area (Å²) in [6.07, 6.45) is 0. The summed E-state index contributed by atoms with van der Waals surface area (Å²) in [5.74, 6) is 0. The summed E-state index contributed by atoms with van der Waals surface area (Å²) in [4.78, 5) is 0.